The number of ether oxygens (including phenoxy) is 2. The highest BCUT2D eigenvalue weighted by molar-refractivity contribution is 5.93. The minimum Gasteiger partial charge on any atom is -0.462 e. The standard InChI is InChI=1S/C24H26F3N5O3.C22H22F3N5O3/c1-4-35-22(33)18-13-16(14-28)21(30-20(18)24(25,26)27)31-9-11-32(12-10-31)23(34)29-19-8-6-5-7-17(19)15(2)3;1-3-33-20(31)17-12-15(13-26)19(28-18(17)22(23,24)25)29-8-10-30(11-9-29)21(32)27-16-6-4-14(2)5-7-16/h5-8,13,15H,4,9-12H2,1-3H3,(H,29,34);4-7,12H,3,8-11H2,1-2H3,(H,27,32). The number of aryl methyl sites for hydroxylation is 1. The summed E-state index contributed by atoms with van der Waals surface area (Å²) in [6.07, 6.45) is -9.84. The zero-order valence-corrected chi connectivity index (χ0v) is 37.7. The van der Waals surface area contributed by atoms with Crippen LogP contribution in [0.3, 0.4) is 0 Å². The van der Waals surface area contributed by atoms with Crippen LogP contribution in [0.25, 0.3) is 0 Å². The minimum atomic E-state index is -4.92. The van der Waals surface area contributed by atoms with Gasteiger partial charge in [0.25, 0.3) is 0 Å². The number of piperazine rings is 2. The summed E-state index contributed by atoms with van der Waals surface area (Å²) in [6.45, 7) is 10.2. The number of pyridine rings is 2. The van der Waals surface area contributed by atoms with Crippen LogP contribution < -0.4 is 20.4 Å². The topological polar surface area (TPSA) is 197 Å². The Labute approximate surface area is 388 Å². The third-order valence-corrected chi connectivity index (χ3v) is 10.6. The van der Waals surface area contributed by atoms with E-state index in [1.54, 1.807) is 17.0 Å². The molecule has 2 N–H and O–H groups in total. The molecule has 0 atom stereocenters. The summed E-state index contributed by atoms with van der Waals surface area (Å²) in [4.78, 5) is 62.8. The van der Waals surface area contributed by atoms with Crippen LogP contribution >= 0.6 is 0 Å². The van der Waals surface area contributed by atoms with Crippen molar-refractivity contribution in [3.63, 3.8) is 0 Å². The highest BCUT2D eigenvalue weighted by Crippen LogP contribution is 2.36. The first-order chi connectivity index (χ1) is 32.2. The first kappa shape index (κ1) is 51.4. The first-order valence-corrected chi connectivity index (χ1v) is 21.4. The normalized spacial score (nSPS) is 14.0. The van der Waals surface area contributed by atoms with E-state index in [1.165, 1.54) is 28.5 Å². The second kappa shape index (κ2) is 22.2. The molecule has 2 fully saturated rings. The monoisotopic (exact) mass is 950 g/mol. The molecule has 0 spiro atoms. The number of benzene rings is 2. The molecule has 4 heterocycles. The van der Waals surface area contributed by atoms with Gasteiger partial charge in [-0.25, -0.2) is 29.1 Å². The van der Waals surface area contributed by atoms with Gasteiger partial charge in [-0.3, -0.25) is 0 Å². The number of nitriles is 2. The molecule has 0 saturated carbocycles. The number of urea groups is 2. The Morgan fingerprint density at radius 2 is 1.07 bits per heavy atom. The van der Waals surface area contributed by atoms with Crippen LogP contribution in [0.5, 0.6) is 0 Å². The smallest absolute Gasteiger partial charge is 0.434 e. The lowest BCUT2D eigenvalue weighted by Gasteiger charge is -2.36. The van der Waals surface area contributed by atoms with Crippen molar-refractivity contribution in [2.75, 3.05) is 86.0 Å². The molecule has 0 radical (unpaired) electrons. The van der Waals surface area contributed by atoms with Crippen molar-refractivity contribution in [1.29, 1.82) is 10.5 Å². The molecule has 2 aromatic carbocycles. The fourth-order valence-electron chi connectivity index (χ4n) is 7.21. The third kappa shape index (κ3) is 12.6. The summed E-state index contributed by atoms with van der Waals surface area (Å²) in [6, 6.07) is 19.4. The van der Waals surface area contributed by atoms with Gasteiger partial charge in [-0.15, -0.1) is 0 Å². The lowest BCUT2D eigenvalue weighted by molar-refractivity contribution is -0.142. The molecule has 2 saturated heterocycles. The summed E-state index contributed by atoms with van der Waals surface area (Å²) in [5.41, 5.74) is -1.41. The number of carbonyl (C=O) groups is 4. The van der Waals surface area contributed by atoms with Gasteiger partial charge in [-0.1, -0.05) is 49.7 Å². The molecule has 360 valence electrons. The molecular formula is C46H48F6N10O6. The van der Waals surface area contributed by atoms with E-state index in [9.17, 15) is 56.0 Å². The summed E-state index contributed by atoms with van der Waals surface area (Å²) in [5, 5.41) is 24.7. The Morgan fingerprint density at radius 1 is 0.662 bits per heavy atom. The van der Waals surface area contributed by atoms with Gasteiger partial charge in [-0.05, 0) is 62.6 Å². The van der Waals surface area contributed by atoms with Crippen LogP contribution in [0.4, 0.5) is 58.9 Å². The van der Waals surface area contributed by atoms with E-state index in [0.29, 0.717) is 11.4 Å². The highest BCUT2D eigenvalue weighted by atomic mass is 19.4. The average Bonchev–Trinajstić information content (AvgIpc) is 3.31. The molecule has 6 rings (SSSR count). The van der Waals surface area contributed by atoms with E-state index in [-0.39, 0.29) is 106 Å². The zero-order valence-electron chi connectivity index (χ0n) is 37.7. The van der Waals surface area contributed by atoms with E-state index in [1.807, 2.05) is 69.3 Å². The van der Waals surface area contributed by atoms with Gasteiger partial charge in [0.1, 0.15) is 23.8 Å². The lowest BCUT2D eigenvalue weighted by Crippen LogP contribution is -2.50. The maximum absolute atomic E-state index is 13.7. The van der Waals surface area contributed by atoms with Crippen molar-refractivity contribution in [3.05, 3.63) is 105 Å². The zero-order chi connectivity index (χ0) is 49.9. The number of hydrogen-bond acceptors (Lipinski definition) is 12. The Morgan fingerprint density at radius 3 is 1.46 bits per heavy atom. The van der Waals surface area contributed by atoms with E-state index in [4.69, 9.17) is 9.47 Å². The van der Waals surface area contributed by atoms with Gasteiger partial charge in [-0.2, -0.15) is 36.9 Å². The Bertz CT molecular complexity index is 2560. The molecule has 0 bridgehead atoms. The number of aromatic nitrogens is 2. The van der Waals surface area contributed by atoms with Gasteiger partial charge in [0.2, 0.25) is 0 Å². The molecule has 16 nitrogen and oxygen atoms in total. The van der Waals surface area contributed by atoms with Gasteiger partial charge >= 0.3 is 36.4 Å². The van der Waals surface area contributed by atoms with E-state index in [2.05, 4.69) is 20.6 Å². The van der Waals surface area contributed by atoms with Gasteiger partial charge in [0, 0.05) is 63.7 Å². The van der Waals surface area contributed by atoms with Crippen molar-refractivity contribution < 1.29 is 55.0 Å². The molecule has 68 heavy (non-hydrogen) atoms. The summed E-state index contributed by atoms with van der Waals surface area (Å²) in [5.74, 6) is -2.55. The van der Waals surface area contributed by atoms with Crippen molar-refractivity contribution in [1.82, 2.24) is 19.8 Å². The van der Waals surface area contributed by atoms with Crippen molar-refractivity contribution in [2.24, 2.45) is 0 Å². The molecule has 0 aliphatic carbocycles. The molecule has 2 aliphatic heterocycles. The SMILES string of the molecule is CCOC(=O)c1cc(C#N)c(N2CCN(C(=O)Nc3ccc(C)cc3)CC2)nc1C(F)(F)F.CCOC(=O)c1cc(C#N)c(N2CCN(C(=O)Nc3ccccc3C(C)C)CC2)nc1C(F)(F)F. The Kier molecular flexibility index (Phi) is 16.8. The summed E-state index contributed by atoms with van der Waals surface area (Å²) >= 11 is 0. The maximum Gasteiger partial charge on any atom is 0.434 e. The second-order valence-electron chi connectivity index (χ2n) is 15.6. The van der Waals surface area contributed by atoms with Crippen LogP contribution in [0.15, 0.2) is 60.7 Å². The van der Waals surface area contributed by atoms with Crippen LogP contribution in [0, 0.1) is 29.6 Å². The molecule has 22 heteroatoms. The molecule has 4 aromatic rings. The van der Waals surface area contributed by atoms with Crippen molar-refractivity contribution in [3.8, 4) is 12.1 Å². The van der Waals surface area contributed by atoms with Gasteiger partial charge in [0.15, 0.2) is 11.4 Å². The van der Waals surface area contributed by atoms with Crippen molar-refractivity contribution in [2.45, 2.75) is 52.9 Å². The number of nitrogens with one attached hydrogen (secondary N) is 2. The third-order valence-electron chi connectivity index (χ3n) is 10.6. The Hall–Kier alpha value is -7.62. The molecule has 0 unspecified atom stereocenters. The number of para-hydroxylation sites is 1. The predicted molar refractivity (Wildman–Crippen MR) is 237 cm³/mol. The molecule has 4 amide bonds. The number of amides is 4. The fraction of sp³-hybridized carbons (Fsp3) is 0.391. The molecule has 2 aromatic heterocycles. The Balaban J connectivity index is 0.000000255. The maximum atomic E-state index is 13.7. The van der Waals surface area contributed by atoms with Gasteiger partial charge < -0.3 is 39.7 Å². The largest absolute Gasteiger partial charge is 0.462 e. The quantitative estimate of drug-likeness (QED) is 0.120. The van der Waals surface area contributed by atoms with Crippen LogP contribution in [0.1, 0.15) is 88.0 Å². The van der Waals surface area contributed by atoms with Crippen LogP contribution in [-0.2, 0) is 21.8 Å². The first-order valence-electron chi connectivity index (χ1n) is 21.4. The lowest BCUT2D eigenvalue weighted by atomic mass is 10.0. The number of carbonyl (C=O) groups excluding carboxylic acids is 4. The number of nitrogens with zero attached hydrogens (tertiary/aromatic N) is 8. The number of rotatable bonds is 9. The van der Waals surface area contributed by atoms with E-state index < -0.39 is 46.8 Å². The number of alkyl halides is 6. The highest BCUT2D eigenvalue weighted by Gasteiger charge is 2.41. The average molecular weight is 951 g/mol. The second-order valence-corrected chi connectivity index (χ2v) is 15.6. The summed E-state index contributed by atoms with van der Waals surface area (Å²) in [7, 11) is 0. The number of esters is 2. The molecular weight excluding hydrogens is 903 g/mol. The number of halogens is 6. The predicted octanol–water partition coefficient (Wildman–Crippen LogP) is 8.44. The van der Waals surface area contributed by atoms with Crippen molar-refractivity contribution >= 4 is 47.0 Å². The van der Waals surface area contributed by atoms with Gasteiger partial charge in [0.05, 0.1) is 35.5 Å². The van der Waals surface area contributed by atoms with Crippen LogP contribution in [-0.4, -0.2) is 109 Å². The minimum absolute atomic E-state index is 0.119. The van der Waals surface area contributed by atoms with Crippen LogP contribution in [0.2, 0.25) is 0 Å². The fourth-order valence-corrected chi connectivity index (χ4v) is 7.21. The van der Waals surface area contributed by atoms with E-state index in [0.717, 1.165) is 23.3 Å². The van der Waals surface area contributed by atoms with E-state index >= 15 is 0 Å². The molecule has 2 aliphatic rings. The number of anilines is 4. The number of hydrogen-bond donors (Lipinski definition) is 2. The summed E-state index contributed by atoms with van der Waals surface area (Å²) < 4.78 is 91.2.